The van der Waals surface area contributed by atoms with Crippen LogP contribution in [0, 0.1) is 0 Å². The van der Waals surface area contributed by atoms with E-state index in [1.54, 1.807) is 18.1 Å². The molecule has 0 atom stereocenters. The molecule has 146 valence electrons. The fourth-order valence-corrected chi connectivity index (χ4v) is 3.83. The summed E-state index contributed by atoms with van der Waals surface area (Å²) in [4.78, 5) is 4.31. The molecule has 0 fully saturated rings. The molecule has 3 heterocycles. The standard InChI is InChI=1S/C18H23N3O5S/c1-3-23-5-7-25-16-9-14-11-21-18(19-13-20-21)27-12-15(14)10-17(16)26-8-6-24-4-2-22-1/h9-10,13H,1-8,11-12H2. The predicted molar refractivity (Wildman–Crippen MR) is 98.6 cm³/mol. The lowest BCUT2D eigenvalue weighted by Gasteiger charge is -2.16. The Morgan fingerprint density at radius 3 is 2.04 bits per heavy atom. The lowest BCUT2D eigenvalue weighted by molar-refractivity contribution is 0.00708. The first-order valence-corrected chi connectivity index (χ1v) is 10.0. The SMILES string of the molecule is c1nc2n(n1)Cc1cc3c(cc1CS2)OCCOCCOCCOCCO3. The zero-order chi connectivity index (χ0) is 18.3. The van der Waals surface area contributed by atoms with Gasteiger partial charge in [-0.2, -0.15) is 5.10 Å². The molecule has 8 nitrogen and oxygen atoms in total. The van der Waals surface area contributed by atoms with Crippen LogP contribution in [0.4, 0.5) is 0 Å². The van der Waals surface area contributed by atoms with Crippen LogP contribution in [0.15, 0.2) is 23.6 Å². The molecule has 0 unspecified atom stereocenters. The van der Waals surface area contributed by atoms with E-state index in [4.69, 9.17) is 23.7 Å². The van der Waals surface area contributed by atoms with Crippen LogP contribution in [0.25, 0.3) is 0 Å². The van der Waals surface area contributed by atoms with E-state index in [9.17, 15) is 0 Å². The van der Waals surface area contributed by atoms with Crippen molar-refractivity contribution in [2.24, 2.45) is 0 Å². The van der Waals surface area contributed by atoms with Gasteiger partial charge in [-0.05, 0) is 23.3 Å². The molecule has 27 heavy (non-hydrogen) atoms. The van der Waals surface area contributed by atoms with Crippen molar-refractivity contribution >= 4 is 11.8 Å². The fourth-order valence-electron chi connectivity index (χ4n) is 2.89. The smallest absolute Gasteiger partial charge is 0.186 e. The molecule has 2 aromatic rings. The second kappa shape index (κ2) is 9.41. The Hall–Kier alpha value is -1.81. The number of ether oxygens (including phenoxy) is 5. The Bertz CT molecular complexity index is 755. The molecule has 9 heteroatoms. The highest BCUT2D eigenvalue weighted by Gasteiger charge is 2.19. The minimum atomic E-state index is 0.453. The third-order valence-corrected chi connectivity index (χ3v) is 5.27. The van der Waals surface area contributed by atoms with Gasteiger partial charge in [-0.15, -0.1) is 0 Å². The number of thioether (sulfide) groups is 1. The Labute approximate surface area is 162 Å². The highest BCUT2D eigenvalue weighted by molar-refractivity contribution is 7.98. The molecule has 0 saturated carbocycles. The Balaban J connectivity index is 1.52. The van der Waals surface area contributed by atoms with Gasteiger partial charge >= 0.3 is 0 Å². The molecule has 1 aromatic carbocycles. The van der Waals surface area contributed by atoms with Gasteiger partial charge in [-0.1, -0.05) is 11.8 Å². The van der Waals surface area contributed by atoms with Crippen molar-refractivity contribution in [1.82, 2.24) is 14.8 Å². The van der Waals surface area contributed by atoms with Crippen molar-refractivity contribution in [3.63, 3.8) is 0 Å². The van der Waals surface area contributed by atoms with E-state index in [1.807, 2.05) is 10.7 Å². The van der Waals surface area contributed by atoms with Crippen molar-refractivity contribution in [2.75, 3.05) is 52.9 Å². The van der Waals surface area contributed by atoms with Crippen LogP contribution >= 0.6 is 11.8 Å². The number of aromatic nitrogens is 3. The van der Waals surface area contributed by atoms with Crippen molar-refractivity contribution in [2.45, 2.75) is 17.5 Å². The van der Waals surface area contributed by atoms with Crippen LogP contribution < -0.4 is 9.47 Å². The number of fused-ring (bicyclic) bond motifs is 3. The van der Waals surface area contributed by atoms with Crippen molar-refractivity contribution in [1.29, 1.82) is 0 Å². The van der Waals surface area contributed by atoms with E-state index in [0.29, 0.717) is 59.4 Å². The number of hydrogen-bond acceptors (Lipinski definition) is 8. The molecule has 4 rings (SSSR count). The van der Waals surface area contributed by atoms with E-state index < -0.39 is 0 Å². The number of rotatable bonds is 0. The maximum atomic E-state index is 5.96. The molecular weight excluding hydrogens is 370 g/mol. The summed E-state index contributed by atoms with van der Waals surface area (Å²) in [5, 5.41) is 5.23. The summed E-state index contributed by atoms with van der Waals surface area (Å²) in [5.41, 5.74) is 2.37. The van der Waals surface area contributed by atoms with Crippen LogP contribution in [0.3, 0.4) is 0 Å². The van der Waals surface area contributed by atoms with E-state index in [1.165, 1.54) is 5.56 Å². The summed E-state index contributed by atoms with van der Waals surface area (Å²) in [5.74, 6) is 2.27. The van der Waals surface area contributed by atoms with Gasteiger partial charge in [0.05, 0.1) is 46.2 Å². The summed E-state index contributed by atoms with van der Waals surface area (Å²) < 4.78 is 30.3. The van der Waals surface area contributed by atoms with E-state index in [2.05, 4.69) is 16.1 Å². The van der Waals surface area contributed by atoms with Gasteiger partial charge in [0.25, 0.3) is 0 Å². The largest absolute Gasteiger partial charge is 0.487 e. The topological polar surface area (TPSA) is 76.9 Å². The van der Waals surface area contributed by atoms with Crippen LogP contribution in [0.2, 0.25) is 0 Å². The minimum absolute atomic E-state index is 0.453. The van der Waals surface area contributed by atoms with Crippen molar-refractivity contribution < 1.29 is 23.7 Å². The first-order valence-electron chi connectivity index (χ1n) is 9.05. The molecule has 0 aliphatic carbocycles. The fraction of sp³-hybridized carbons (Fsp3) is 0.556. The number of nitrogens with zero attached hydrogens (tertiary/aromatic N) is 3. The molecule has 0 bridgehead atoms. The monoisotopic (exact) mass is 393 g/mol. The summed E-state index contributed by atoms with van der Waals surface area (Å²) >= 11 is 1.67. The van der Waals surface area contributed by atoms with Gasteiger partial charge in [0, 0.05) is 5.75 Å². The van der Waals surface area contributed by atoms with Gasteiger partial charge in [0.15, 0.2) is 16.7 Å². The number of hydrogen-bond donors (Lipinski definition) is 0. The maximum Gasteiger partial charge on any atom is 0.186 e. The maximum absolute atomic E-state index is 5.96. The predicted octanol–water partition coefficient (Wildman–Crippen LogP) is 1.75. The van der Waals surface area contributed by atoms with Gasteiger partial charge in [-0.25, -0.2) is 9.67 Å². The number of benzene rings is 1. The normalized spacial score (nSPS) is 19.1. The summed E-state index contributed by atoms with van der Waals surface area (Å²) in [6.07, 6.45) is 1.59. The second-order valence-electron chi connectivity index (χ2n) is 6.09. The lowest BCUT2D eigenvalue weighted by Crippen LogP contribution is -2.13. The van der Waals surface area contributed by atoms with Gasteiger partial charge in [0.2, 0.25) is 0 Å². The van der Waals surface area contributed by atoms with Gasteiger partial charge in [0.1, 0.15) is 19.5 Å². The van der Waals surface area contributed by atoms with Crippen LogP contribution in [-0.2, 0) is 26.5 Å². The second-order valence-corrected chi connectivity index (χ2v) is 7.03. The third-order valence-electron chi connectivity index (χ3n) is 4.24. The van der Waals surface area contributed by atoms with Crippen LogP contribution in [-0.4, -0.2) is 67.6 Å². The molecule has 0 amide bonds. The molecule has 0 radical (unpaired) electrons. The first-order chi connectivity index (χ1) is 13.4. The van der Waals surface area contributed by atoms with E-state index in [0.717, 1.165) is 28.0 Å². The Morgan fingerprint density at radius 1 is 0.778 bits per heavy atom. The Kier molecular flexibility index (Phi) is 6.46. The zero-order valence-corrected chi connectivity index (χ0v) is 15.9. The molecule has 0 spiro atoms. The molecule has 0 saturated heterocycles. The van der Waals surface area contributed by atoms with Crippen molar-refractivity contribution in [3.8, 4) is 11.5 Å². The lowest BCUT2D eigenvalue weighted by atomic mass is 10.1. The van der Waals surface area contributed by atoms with Crippen molar-refractivity contribution in [3.05, 3.63) is 29.6 Å². The van der Waals surface area contributed by atoms with Gasteiger partial charge in [-0.3, -0.25) is 0 Å². The zero-order valence-electron chi connectivity index (χ0n) is 15.1. The minimum Gasteiger partial charge on any atom is -0.487 e. The quantitative estimate of drug-likeness (QED) is 0.670. The first kappa shape index (κ1) is 18.5. The summed E-state index contributed by atoms with van der Waals surface area (Å²) in [6, 6.07) is 4.11. The highest BCUT2D eigenvalue weighted by atomic mass is 32.2. The van der Waals surface area contributed by atoms with E-state index in [-0.39, 0.29) is 0 Å². The third kappa shape index (κ3) is 4.92. The van der Waals surface area contributed by atoms with Crippen LogP contribution in [0.1, 0.15) is 11.1 Å². The average molecular weight is 393 g/mol. The Morgan fingerprint density at radius 2 is 1.37 bits per heavy atom. The molecule has 2 aliphatic heterocycles. The average Bonchev–Trinajstić information content (AvgIpc) is 3.04. The summed E-state index contributed by atoms with van der Waals surface area (Å²) in [7, 11) is 0. The summed E-state index contributed by atoms with van der Waals surface area (Å²) in [6.45, 7) is 4.80. The highest BCUT2D eigenvalue weighted by Crippen LogP contribution is 2.36. The molecule has 2 aliphatic rings. The molecule has 1 aromatic heterocycles. The van der Waals surface area contributed by atoms with Crippen LogP contribution in [0.5, 0.6) is 11.5 Å². The molecule has 0 N–H and O–H groups in total. The van der Waals surface area contributed by atoms with Gasteiger partial charge < -0.3 is 23.7 Å². The molecular formula is C18H23N3O5S. The van der Waals surface area contributed by atoms with E-state index >= 15 is 0 Å².